The Balaban J connectivity index is 1.61. The van der Waals surface area contributed by atoms with Crippen molar-refractivity contribution in [3.63, 3.8) is 0 Å². The van der Waals surface area contributed by atoms with Gasteiger partial charge in [0.05, 0.1) is 24.6 Å². The number of rotatable bonds is 5. The molecular formula is C22H23N3O3. The van der Waals surface area contributed by atoms with Gasteiger partial charge in [-0.1, -0.05) is 42.5 Å². The molecule has 0 aliphatic carbocycles. The molecule has 4 rings (SSSR count). The maximum atomic E-state index is 13.4. The second kappa shape index (κ2) is 7.76. The summed E-state index contributed by atoms with van der Waals surface area (Å²) in [5.41, 5.74) is 2.85. The minimum atomic E-state index is -0.694. The fourth-order valence-corrected chi connectivity index (χ4v) is 3.35. The molecule has 3 aromatic rings. The van der Waals surface area contributed by atoms with E-state index in [2.05, 4.69) is 9.97 Å². The van der Waals surface area contributed by atoms with Crippen LogP contribution < -0.4 is 9.47 Å². The molecule has 6 nitrogen and oxygen atoms in total. The fraction of sp³-hybridized carbons (Fsp3) is 0.273. The molecule has 2 aromatic carbocycles. The van der Waals surface area contributed by atoms with Crippen molar-refractivity contribution in [3.05, 3.63) is 77.9 Å². The van der Waals surface area contributed by atoms with Gasteiger partial charge in [0.2, 0.25) is 6.10 Å². The molecule has 1 N–H and O–H groups in total. The lowest BCUT2D eigenvalue weighted by molar-refractivity contribution is -0.144. The molecule has 0 bridgehead atoms. The lowest BCUT2D eigenvalue weighted by atomic mass is 10.1. The van der Waals surface area contributed by atoms with E-state index in [-0.39, 0.29) is 18.6 Å². The minimum Gasteiger partial charge on any atom is -0.485 e. The van der Waals surface area contributed by atoms with Crippen LogP contribution in [0.15, 0.2) is 60.9 Å². The molecule has 1 aromatic heterocycles. The number of nitrogens with zero attached hydrogens (tertiary/aromatic N) is 2. The van der Waals surface area contributed by atoms with Crippen LogP contribution in [-0.4, -0.2) is 33.5 Å². The van der Waals surface area contributed by atoms with Crippen molar-refractivity contribution >= 4 is 5.91 Å². The lowest BCUT2D eigenvalue weighted by Crippen LogP contribution is -2.47. The Labute approximate surface area is 164 Å². The standard InChI is InChI=1S/C22H23N3O3/c1-15-18(24-14-23-15)12-25(16(2)17-8-4-3-5-9-17)22(26)21-13-27-19-10-6-7-11-20(19)28-21/h3-11,14,16,21H,12-13H2,1-2H3,(H,23,24)/t16-,21+/m0/s1. The minimum absolute atomic E-state index is 0.117. The number of hydrogen-bond acceptors (Lipinski definition) is 4. The van der Waals surface area contributed by atoms with E-state index in [0.717, 1.165) is 17.0 Å². The van der Waals surface area contributed by atoms with Crippen LogP contribution in [0.2, 0.25) is 0 Å². The summed E-state index contributed by atoms with van der Waals surface area (Å²) in [6.45, 7) is 4.56. The molecule has 0 fully saturated rings. The first kappa shape index (κ1) is 18.1. The number of fused-ring (bicyclic) bond motifs is 1. The summed E-state index contributed by atoms with van der Waals surface area (Å²) in [5, 5.41) is 0. The van der Waals surface area contributed by atoms with E-state index in [1.165, 1.54) is 0 Å². The molecule has 1 aliphatic heterocycles. The largest absolute Gasteiger partial charge is 0.485 e. The first-order valence-corrected chi connectivity index (χ1v) is 9.36. The molecule has 144 valence electrons. The number of nitrogens with one attached hydrogen (secondary N) is 1. The normalized spacial score (nSPS) is 16.4. The topological polar surface area (TPSA) is 67.5 Å². The third kappa shape index (κ3) is 3.58. The smallest absolute Gasteiger partial charge is 0.268 e. The van der Waals surface area contributed by atoms with Gasteiger partial charge in [0.1, 0.15) is 6.61 Å². The van der Waals surface area contributed by atoms with Crippen LogP contribution >= 0.6 is 0 Å². The number of carbonyl (C=O) groups excluding carboxylic acids is 1. The van der Waals surface area contributed by atoms with Crippen LogP contribution in [0.1, 0.15) is 29.9 Å². The molecular weight excluding hydrogens is 354 g/mol. The quantitative estimate of drug-likeness (QED) is 0.737. The van der Waals surface area contributed by atoms with Crippen molar-refractivity contribution in [1.29, 1.82) is 0 Å². The van der Waals surface area contributed by atoms with Gasteiger partial charge in [0.25, 0.3) is 5.91 Å². The second-order valence-corrected chi connectivity index (χ2v) is 6.89. The Bertz CT molecular complexity index is 954. The van der Waals surface area contributed by atoms with Gasteiger partial charge in [-0.2, -0.15) is 0 Å². The SMILES string of the molecule is Cc1[nH]cnc1CN(C(=O)[C@H]1COc2ccccc2O1)[C@@H](C)c1ccccc1. The predicted octanol–water partition coefficient (Wildman–Crippen LogP) is 3.65. The molecule has 28 heavy (non-hydrogen) atoms. The van der Waals surface area contributed by atoms with Crippen molar-refractivity contribution in [2.75, 3.05) is 6.61 Å². The van der Waals surface area contributed by atoms with Crippen LogP contribution in [0.4, 0.5) is 0 Å². The van der Waals surface area contributed by atoms with E-state index in [0.29, 0.717) is 18.0 Å². The average Bonchev–Trinajstić information content (AvgIpc) is 3.15. The zero-order valence-electron chi connectivity index (χ0n) is 16.0. The van der Waals surface area contributed by atoms with E-state index < -0.39 is 6.10 Å². The summed E-state index contributed by atoms with van der Waals surface area (Å²) < 4.78 is 11.7. The summed E-state index contributed by atoms with van der Waals surface area (Å²) in [7, 11) is 0. The van der Waals surface area contributed by atoms with Crippen LogP contribution in [0.5, 0.6) is 11.5 Å². The number of H-pyrrole nitrogens is 1. The monoisotopic (exact) mass is 377 g/mol. The Morgan fingerprint density at radius 3 is 2.61 bits per heavy atom. The van der Waals surface area contributed by atoms with Gasteiger partial charge in [-0.15, -0.1) is 0 Å². The van der Waals surface area contributed by atoms with Gasteiger partial charge in [0, 0.05) is 5.69 Å². The van der Waals surface area contributed by atoms with E-state index in [9.17, 15) is 4.79 Å². The maximum absolute atomic E-state index is 13.4. The summed E-state index contributed by atoms with van der Waals surface area (Å²) in [6, 6.07) is 17.2. The van der Waals surface area contributed by atoms with Gasteiger partial charge in [0.15, 0.2) is 11.5 Å². The highest BCUT2D eigenvalue weighted by molar-refractivity contribution is 5.82. The van der Waals surface area contributed by atoms with Crippen LogP contribution in [-0.2, 0) is 11.3 Å². The Morgan fingerprint density at radius 2 is 1.89 bits per heavy atom. The van der Waals surface area contributed by atoms with Gasteiger partial charge >= 0.3 is 0 Å². The van der Waals surface area contributed by atoms with E-state index in [4.69, 9.17) is 9.47 Å². The van der Waals surface area contributed by atoms with Gasteiger partial charge in [-0.05, 0) is 31.5 Å². The number of ether oxygens (including phenoxy) is 2. The van der Waals surface area contributed by atoms with Crippen molar-refractivity contribution in [2.24, 2.45) is 0 Å². The van der Waals surface area contributed by atoms with Crippen molar-refractivity contribution in [3.8, 4) is 11.5 Å². The van der Waals surface area contributed by atoms with Crippen LogP contribution in [0.3, 0.4) is 0 Å². The van der Waals surface area contributed by atoms with Crippen molar-refractivity contribution < 1.29 is 14.3 Å². The van der Waals surface area contributed by atoms with E-state index in [1.807, 2.05) is 68.4 Å². The number of carbonyl (C=O) groups is 1. The predicted molar refractivity (Wildman–Crippen MR) is 105 cm³/mol. The van der Waals surface area contributed by atoms with E-state index >= 15 is 0 Å². The third-order valence-corrected chi connectivity index (χ3v) is 5.07. The lowest BCUT2D eigenvalue weighted by Gasteiger charge is -2.34. The second-order valence-electron chi connectivity index (χ2n) is 6.89. The number of aryl methyl sites for hydroxylation is 1. The van der Waals surface area contributed by atoms with E-state index in [1.54, 1.807) is 11.2 Å². The van der Waals surface area contributed by atoms with Crippen LogP contribution in [0, 0.1) is 6.92 Å². The average molecular weight is 377 g/mol. The van der Waals surface area contributed by atoms with Gasteiger partial charge < -0.3 is 19.4 Å². The molecule has 2 atom stereocenters. The number of amides is 1. The van der Waals surface area contributed by atoms with Crippen molar-refractivity contribution in [1.82, 2.24) is 14.9 Å². The van der Waals surface area contributed by atoms with Gasteiger partial charge in [-0.3, -0.25) is 4.79 Å². The zero-order chi connectivity index (χ0) is 19.5. The summed E-state index contributed by atoms with van der Waals surface area (Å²) in [5.74, 6) is 1.14. The molecule has 2 heterocycles. The molecule has 0 unspecified atom stereocenters. The Morgan fingerprint density at radius 1 is 1.18 bits per heavy atom. The molecule has 0 saturated carbocycles. The molecule has 0 radical (unpaired) electrons. The molecule has 0 spiro atoms. The number of hydrogen-bond donors (Lipinski definition) is 1. The number of aromatic amines is 1. The Hall–Kier alpha value is -3.28. The Kier molecular flexibility index (Phi) is 5.02. The molecule has 0 saturated heterocycles. The highest BCUT2D eigenvalue weighted by Crippen LogP contribution is 2.32. The first-order chi connectivity index (χ1) is 13.6. The summed E-state index contributed by atoms with van der Waals surface area (Å²) in [6.07, 6.45) is 0.956. The van der Waals surface area contributed by atoms with Crippen molar-refractivity contribution in [2.45, 2.75) is 32.5 Å². The molecule has 6 heteroatoms. The summed E-state index contributed by atoms with van der Waals surface area (Å²) >= 11 is 0. The third-order valence-electron chi connectivity index (χ3n) is 5.07. The number of benzene rings is 2. The molecule has 1 aliphatic rings. The molecule has 1 amide bonds. The number of aromatic nitrogens is 2. The number of para-hydroxylation sites is 2. The zero-order valence-corrected chi connectivity index (χ0v) is 16.0. The highest BCUT2D eigenvalue weighted by Gasteiger charge is 2.34. The first-order valence-electron chi connectivity index (χ1n) is 9.36. The summed E-state index contributed by atoms with van der Waals surface area (Å²) in [4.78, 5) is 22.7. The fourth-order valence-electron chi connectivity index (χ4n) is 3.35. The maximum Gasteiger partial charge on any atom is 0.268 e. The number of imidazole rings is 1. The van der Waals surface area contributed by atoms with Gasteiger partial charge in [-0.25, -0.2) is 4.98 Å². The highest BCUT2D eigenvalue weighted by atomic mass is 16.6. The van der Waals surface area contributed by atoms with Crippen LogP contribution in [0.25, 0.3) is 0 Å².